The van der Waals surface area contributed by atoms with E-state index in [1.165, 1.54) is 0 Å². The predicted octanol–water partition coefficient (Wildman–Crippen LogP) is 4.15. The minimum absolute atomic E-state index is 0.337. The first-order valence-electron chi connectivity index (χ1n) is 10.5. The lowest BCUT2D eigenvalue weighted by Crippen LogP contribution is -2.47. The molecule has 0 radical (unpaired) electrons. The van der Waals surface area contributed by atoms with Crippen molar-refractivity contribution in [1.29, 1.82) is 0 Å². The molecule has 2 N–H and O–H groups in total. The van der Waals surface area contributed by atoms with Crippen LogP contribution in [0.4, 0.5) is 0 Å². The number of ether oxygens (including phenoxy) is 2. The monoisotopic (exact) mass is 432 g/mol. The average Bonchev–Trinajstić information content (AvgIpc) is 2.80. The van der Waals surface area contributed by atoms with Crippen molar-refractivity contribution >= 4 is 11.8 Å². The molecule has 2 amide bonds. The summed E-state index contributed by atoms with van der Waals surface area (Å²) in [6.07, 6.45) is -0.0595. The quantitative estimate of drug-likeness (QED) is 0.524. The molecule has 3 rings (SSSR count). The van der Waals surface area contributed by atoms with Crippen LogP contribution in [-0.4, -0.2) is 24.5 Å². The SMILES string of the molecule is Cc1ccc(OC(C)C(=O)NNC(=O)c2ccccc2OCCc2ccccc2)cc1C. The molecular weight excluding hydrogens is 404 g/mol. The maximum Gasteiger partial charge on any atom is 0.279 e. The first-order valence-corrected chi connectivity index (χ1v) is 10.5. The zero-order chi connectivity index (χ0) is 22.9. The Morgan fingerprint density at radius 3 is 2.34 bits per heavy atom. The minimum Gasteiger partial charge on any atom is -0.492 e. The lowest BCUT2D eigenvalue weighted by molar-refractivity contribution is -0.128. The van der Waals surface area contributed by atoms with Crippen molar-refractivity contribution in [2.75, 3.05) is 6.61 Å². The summed E-state index contributed by atoms with van der Waals surface area (Å²) in [4.78, 5) is 25.0. The van der Waals surface area contributed by atoms with E-state index in [1.54, 1.807) is 31.2 Å². The molecule has 3 aromatic rings. The molecule has 0 aromatic heterocycles. The molecule has 6 nitrogen and oxygen atoms in total. The number of carbonyl (C=O) groups is 2. The van der Waals surface area contributed by atoms with E-state index in [2.05, 4.69) is 10.9 Å². The van der Waals surface area contributed by atoms with Crippen molar-refractivity contribution < 1.29 is 19.1 Å². The molecule has 0 bridgehead atoms. The largest absolute Gasteiger partial charge is 0.492 e. The zero-order valence-electron chi connectivity index (χ0n) is 18.6. The van der Waals surface area contributed by atoms with Crippen molar-refractivity contribution in [1.82, 2.24) is 10.9 Å². The van der Waals surface area contributed by atoms with Gasteiger partial charge in [-0.05, 0) is 61.7 Å². The Hall–Kier alpha value is -3.80. The molecule has 32 heavy (non-hydrogen) atoms. The standard InChI is InChI=1S/C26H28N2O4/c1-18-13-14-22(17-19(18)2)32-20(3)25(29)27-28-26(30)23-11-7-8-12-24(23)31-16-15-21-9-5-4-6-10-21/h4-14,17,20H,15-16H2,1-3H3,(H,27,29)(H,28,30). The van der Waals surface area contributed by atoms with Gasteiger partial charge in [0.25, 0.3) is 11.8 Å². The van der Waals surface area contributed by atoms with Crippen molar-refractivity contribution in [3.8, 4) is 11.5 Å². The summed E-state index contributed by atoms with van der Waals surface area (Å²) in [5.41, 5.74) is 8.56. The second kappa shape index (κ2) is 11.0. The third-order valence-corrected chi connectivity index (χ3v) is 5.08. The van der Waals surface area contributed by atoms with Crippen molar-refractivity contribution in [3.05, 3.63) is 95.1 Å². The van der Waals surface area contributed by atoms with E-state index in [9.17, 15) is 9.59 Å². The fraction of sp³-hybridized carbons (Fsp3) is 0.231. The van der Waals surface area contributed by atoms with Crippen LogP contribution in [0.5, 0.6) is 11.5 Å². The summed E-state index contributed by atoms with van der Waals surface area (Å²) in [6.45, 7) is 6.04. The van der Waals surface area contributed by atoms with E-state index in [1.807, 2.05) is 62.4 Å². The number of nitrogens with one attached hydrogen (secondary N) is 2. The molecule has 6 heteroatoms. The van der Waals surface area contributed by atoms with Gasteiger partial charge in [-0.15, -0.1) is 0 Å². The molecule has 0 saturated carbocycles. The highest BCUT2D eigenvalue weighted by molar-refractivity contribution is 5.98. The number of hydrazine groups is 1. The van der Waals surface area contributed by atoms with Gasteiger partial charge in [0.1, 0.15) is 11.5 Å². The number of benzene rings is 3. The third kappa shape index (κ3) is 6.35. The van der Waals surface area contributed by atoms with Crippen molar-refractivity contribution in [2.24, 2.45) is 0 Å². The second-order valence-corrected chi connectivity index (χ2v) is 7.53. The maximum absolute atomic E-state index is 12.6. The fourth-order valence-corrected chi connectivity index (χ4v) is 3.04. The molecule has 0 aliphatic heterocycles. The van der Waals surface area contributed by atoms with Gasteiger partial charge in [0.15, 0.2) is 6.10 Å². The first-order chi connectivity index (χ1) is 15.4. The van der Waals surface area contributed by atoms with Crippen LogP contribution in [-0.2, 0) is 11.2 Å². The van der Waals surface area contributed by atoms with Crippen LogP contribution in [0, 0.1) is 13.8 Å². The molecule has 1 unspecified atom stereocenters. The average molecular weight is 433 g/mol. The van der Waals surface area contributed by atoms with Crippen LogP contribution >= 0.6 is 0 Å². The molecule has 0 saturated heterocycles. The van der Waals surface area contributed by atoms with Crippen LogP contribution in [0.1, 0.15) is 34.0 Å². The number of para-hydroxylation sites is 1. The number of carbonyl (C=O) groups excluding carboxylic acids is 2. The van der Waals surface area contributed by atoms with Crippen LogP contribution in [0.15, 0.2) is 72.8 Å². The molecule has 0 fully saturated rings. The summed E-state index contributed by atoms with van der Waals surface area (Å²) in [5, 5.41) is 0. The Morgan fingerprint density at radius 1 is 0.875 bits per heavy atom. The van der Waals surface area contributed by atoms with Gasteiger partial charge in [-0.3, -0.25) is 20.4 Å². The summed E-state index contributed by atoms with van der Waals surface area (Å²) >= 11 is 0. The number of hydrogen-bond acceptors (Lipinski definition) is 4. The molecular formula is C26H28N2O4. The highest BCUT2D eigenvalue weighted by Crippen LogP contribution is 2.19. The van der Waals surface area contributed by atoms with Gasteiger partial charge in [0.2, 0.25) is 0 Å². The topological polar surface area (TPSA) is 76.7 Å². The summed E-state index contributed by atoms with van der Waals surface area (Å²) in [7, 11) is 0. The Kier molecular flexibility index (Phi) is 7.86. The van der Waals surface area contributed by atoms with Gasteiger partial charge in [-0.1, -0.05) is 48.5 Å². The molecule has 0 heterocycles. The van der Waals surface area contributed by atoms with Gasteiger partial charge in [0, 0.05) is 6.42 Å². The third-order valence-electron chi connectivity index (χ3n) is 5.08. The molecule has 1 atom stereocenters. The molecule has 3 aromatic carbocycles. The molecule has 166 valence electrons. The maximum atomic E-state index is 12.6. The van der Waals surface area contributed by atoms with Gasteiger partial charge < -0.3 is 9.47 Å². The van der Waals surface area contributed by atoms with Gasteiger partial charge in [0.05, 0.1) is 12.2 Å². The number of hydrogen-bond donors (Lipinski definition) is 2. The summed E-state index contributed by atoms with van der Waals surface area (Å²) < 4.78 is 11.5. The lowest BCUT2D eigenvalue weighted by atomic mass is 10.1. The molecule has 0 spiro atoms. The Bertz CT molecular complexity index is 1070. The number of amides is 2. The van der Waals surface area contributed by atoms with Crippen LogP contribution < -0.4 is 20.3 Å². The normalized spacial score (nSPS) is 11.3. The zero-order valence-corrected chi connectivity index (χ0v) is 18.6. The smallest absolute Gasteiger partial charge is 0.279 e. The number of aryl methyl sites for hydroxylation is 2. The van der Waals surface area contributed by atoms with E-state index in [0.29, 0.717) is 23.7 Å². The Labute approximate surface area is 188 Å². The van der Waals surface area contributed by atoms with Crippen LogP contribution in [0.3, 0.4) is 0 Å². The molecule has 0 aliphatic rings. The lowest BCUT2D eigenvalue weighted by Gasteiger charge is -2.16. The van der Waals surface area contributed by atoms with E-state index < -0.39 is 17.9 Å². The summed E-state index contributed by atoms with van der Waals surface area (Å²) in [5.74, 6) is 0.125. The molecule has 0 aliphatic carbocycles. The summed E-state index contributed by atoms with van der Waals surface area (Å²) in [6, 6.07) is 22.5. The van der Waals surface area contributed by atoms with E-state index in [4.69, 9.17) is 9.47 Å². The Balaban J connectivity index is 1.52. The van der Waals surface area contributed by atoms with Gasteiger partial charge in [-0.2, -0.15) is 0 Å². The first kappa shape index (κ1) is 22.9. The van der Waals surface area contributed by atoms with E-state index >= 15 is 0 Å². The van der Waals surface area contributed by atoms with Gasteiger partial charge >= 0.3 is 0 Å². The van der Waals surface area contributed by atoms with Gasteiger partial charge in [-0.25, -0.2) is 0 Å². The van der Waals surface area contributed by atoms with Crippen LogP contribution in [0.25, 0.3) is 0 Å². The fourth-order valence-electron chi connectivity index (χ4n) is 3.04. The predicted molar refractivity (Wildman–Crippen MR) is 124 cm³/mol. The second-order valence-electron chi connectivity index (χ2n) is 7.53. The van der Waals surface area contributed by atoms with Crippen molar-refractivity contribution in [3.63, 3.8) is 0 Å². The van der Waals surface area contributed by atoms with E-state index in [-0.39, 0.29) is 0 Å². The number of rotatable bonds is 8. The van der Waals surface area contributed by atoms with Crippen molar-refractivity contribution in [2.45, 2.75) is 33.3 Å². The minimum atomic E-state index is -0.783. The van der Waals surface area contributed by atoms with Crippen LogP contribution in [0.2, 0.25) is 0 Å². The highest BCUT2D eigenvalue weighted by atomic mass is 16.5. The highest BCUT2D eigenvalue weighted by Gasteiger charge is 2.18. The Morgan fingerprint density at radius 2 is 1.59 bits per heavy atom. The van der Waals surface area contributed by atoms with E-state index in [0.717, 1.165) is 23.1 Å².